The van der Waals surface area contributed by atoms with Gasteiger partial charge in [-0.15, -0.1) is 5.10 Å². The second kappa shape index (κ2) is 5.40. The number of rotatable bonds is 2. The zero-order valence-corrected chi connectivity index (χ0v) is 14.0. The molecule has 2 aromatic rings. The van der Waals surface area contributed by atoms with Gasteiger partial charge >= 0.3 is 0 Å². The average Bonchev–Trinajstić information content (AvgIpc) is 2.90. The largest absolute Gasteiger partial charge is 0.399 e. The number of benzene rings is 1. The maximum atomic E-state index is 5.90. The van der Waals surface area contributed by atoms with Crippen LogP contribution in [0.1, 0.15) is 45.6 Å². The highest BCUT2D eigenvalue weighted by Gasteiger charge is 2.30. The van der Waals surface area contributed by atoms with Gasteiger partial charge in [-0.05, 0) is 59.7 Å². The third-order valence-corrected chi connectivity index (χ3v) is 5.07. The molecule has 0 aliphatic heterocycles. The van der Waals surface area contributed by atoms with Crippen LogP contribution in [0.2, 0.25) is 0 Å². The number of nitrogens with two attached hydrogens (primary N) is 1. The molecule has 5 nitrogen and oxygen atoms in total. The van der Waals surface area contributed by atoms with Crippen LogP contribution < -0.4 is 5.73 Å². The number of anilines is 1. The molecule has 2 N–H and O–H groups in total. The Morgan fingerprint density at radius 3 is 2.71 bits per heavy atom. The molecule has 0 amide bonds. The lowest BCUT2D eigenvalue weighted by molar-refractivity contribution is 0.185. The highest BCUT2D eigenvalue weighted by Crippen LogP contribution is 2.41. The van der Waals surface area contributed by atoms with Crippen LogP contribution in [0, 0.1) is 5.41 Å². The fourth-order valence-electron chi connectivity index (χ4n) is 2.96. The number of nitrogen functional groups attached to an aromatic ring is 1. The molecule has 0 radical (unpaired) electrons. The number of hydrogen-bond acceptors (Lipinski definition) is 4. The lowest BCUT2D eigenvalue weighted by Gasteiger charge is -2.34. The van der Waals surface area contributed by atoms with Gasteiger partial charge in [-0.3, -0.25) is 0 Å². The van der Waals surface area contributed by atoms with E-state index in [2.05, 4.69) is 45.3 Å². The normalized spacial score (nSPS) is 18.8. The smallest absolute Gasteiger partial charge is 0.183 e. The maximum absolute atomic E-state index is 5.90. The van der Waals surface area contributed by atoms with Crippen molar-refractivity contribution in [2.24, 2.45) is 5.41 Å². The molecule has 0 bridgehead atoms. The lowest BCUT2D eigenvalue weighted by atomic mass is 9.75. The molecule has 112 valence electrons. The third kappa shape index (κ3) is 2.95. The van der Waals surface area contributed by atoms with Gasteiger partial charge in [-0.1, -0.05) is 29.8 Å². The topological polar surface area (TPSA) is 69.6 Å². The van der Waals surface area contributed by atoms with Crippen molar-refractivity contribution in [3.05, 3.63) is 22.7 Å². The van der Waals surface area contributed by atoms with Gasteiger partial charge in [0.15, 0.2) is 5.82 Å². The zero-order valence-electron chi connectivity index (χ0n) is 12.4. The molecule has 1 aromatic carbocycles. The number of hydrogen-bond donors (Lipinski definition) is 1. The van der Waals surface area contributed by atoms with Crippen LogP contribution in [0.3, 0.4) is 0 Å². The molecular formula is C15H20BrN5. The van der Waals surface area contributed by atoms with Gasteiger partial charge in [0.25, 0.3) is 0 Å². The minimum Gasteiger partial charge on any atom is -0.399 e. The standard InChI is InChI=1S/C15H20BrN5/c1-15(2)7-5-11(6-8-15)21-14(18-19-20-21)12-9-10(17)3-4-13(12)16/h3-4,9,11H,5-8,17H2,1-2H3. The van der Waals surface area contributed by atoms with Crippen LogP contribution in [0.15, 0.2) is 22.7 Å². The van der Waals surface area contributed by atoms with E-state index in [0.29, 0.717) is 17.1 Å². The van der Waals surface area contributed by atoms with Crippen LogP contribution in [-0.4, -0.2) is 20.2 Å². The molecule has 3 rings (SSSR count). The quantitative estimate of drug-likeness (QED) is 0.836. The fraction of sp³-hybridized carbons (Fsp3) is 0.533. The third-order valence-electron chi connectivity index (χ3n) is 4.38. The molecule has 0 atom stereocenters. The molecule has 1 saturated carbocycles. The van der Waals surface area contributed by atoms with E-state index in [4.69, 9.17) is 5.73 Å². The molecule has 6 heteroatoms. The number of halogens is 1. The average molecular weight is 350 g/mol. The highest BCUT2D eigenvalue weighted by molar-refractivity contribution is 9.10. The molecule has 1 aliphatic rings. The van der Waals surface area contributed by atoms with E-state index in [1.807, 2.05) is 22.9 Å². The van der Waals surface area contributed by atoms with Gasteiger partial charge in [0.2, 0.25) is 0 Å². The Morgan fingerprint density at radius 2 is 2.00 bits per heavy atom. The Bertz CT molecular complexity index is 639. The summed E-state index contributed by atoms with van der Waals surface area (Å²) in [6.07, 6.45) is 4.64. The van der Waals surface area contributed by atoms with Crippen molar-refractivity contribution in [3.63, 3.8) is 0 Å². The first-order chi connectivity index (χ1) is 9.96. The predicted molar refractivity (Wildman–Crippen MR) is 86.7 cm³/mol. The van der Waals surface area contributed by atoms with Gasteiger partial charge < -0.3 is 5.73 Å². The number of tetrazole rings is 1. The van der Waals surface area contributed by atoms with Crippen LogP contribution in [0.5, 0.6) is 0 Å². The number of nitrogens with zero attached hydrogens (tertiary/aromatic N) is 4. The summed E-state index contributed by atoms with van der Waals surface area (Å²) in [5, 5.41) is 12.3. The molecule has 1 fully saturated rings. The first-order valence-electron chi connectivity index (χ1n) is 7.29. The second-order valence-electron chi connectivity index (χ2n) is 6.58. The first kappa shape index (κ1) is 14.5. The van der Waals surface area contributed by atoms with Crippen molar-refractivity contribution in [2.45, 2.75) is 45.6 Å². The Labute approximate surface area is 133 Å². The molecule has 0 saturated heterocycles. The Morgan fingerprint density at radius 1 is 1.29 bits per heavy atom. The second-order valence-corrected chi connectivity index (χ2v) is 7.44. The van der Waals surface area contributed by atoms with E-state index in [1.54, 1.807) is 0 Å². The molecule has 1 heterocycles. The van der Waals surface area contributed by atoms with Gasteiger partial charge in [0.05, 0.1) is 6.04 Å². The summed E-state index contributed by atoms with van der Waals surface area (Å²) in [6, 6.07) is 6.09. The van der Waals surface area contributed by atoms with E-state index in [-0.39, 0.29) is 0 Å². The monoisotopic (exact) mass is 349 g/mol. The Balaban J connectivity index is 1.93. The van der Waals surface area contributed by atoms with E-state index in [0.717, 1.165) is 28.7 Å². The van der Waals surface area contributed by atoms with Crippen molar-refractivity contribution >= 4 is 21.6 Å². The molecule has 1 aromatic heterocycles. The van der Waals surface area contributed by atoms with Crippen molar-refractivity contribution in [3.8, 4) is 11.4 Å². The van der Waals surface area contributed by atoms with E-state index < -0.39 is 0 Å². The minimum absolute atomic E-state index is 0.372. The van der Waals surface area contributed by atoms with E-state index in [1.165, 1.54) is 12.8 Å². The summed E-state index contributed by atoms with van der Waals surface area (Å²) in [5.74, 6) is 0.791. The molecule has 21 heavy (non-hydrogen) atoms. The van der Waals surface area contributed by atoms with Crippen molar-refractivity contribution in [1.82, 2.24) is 20.2 Å². The maximum Gasteiger partial charge on any atom is 0.183 e. The summed E-state index contributed by atoms with van der Waals surface area (Å²) in [4.78, 5) is 0. The summed E-state index contributed by atoms with van der Waals surface area (Å²) >= 11 is 3.56. The molecule has 1 aliphatic carbocycles. The zero-order chi connectivity index (χ0) is 15.0. The summed E-state index contributed by atoms with van der Waals surface area (Å²) in [7, 11) is 0. The van der Waals surface area contributed by atoms with Crippen LogP contribution >= 0.6 is 15.9 Å². The lowest BCUT2D eigenvalue weighted by Crippen LogP contribution is -2.24. The van der Waals surface area contributed by atoms with Gasteiger partial charge in [0.1, 0.15) is 0 Å². The summed E-state index contributed by atoms with van der Waals surface area (Å²) < 4.78 is 2.93. The number of aromatic nitrogens is 4. The minimum atomic E-state index is 0.372. The van der Waals surface area contributed by atoms with Gasteiger partial charge in [-0.2, -0.15) is 0 Å². The Hall–Kier alpha value is -1.43. The van der Waals surface area contributed by atoms with E-state index in [9.17, 15) is 0 Å². The molecular weight excluding hydrogens is 330 g/mol. The fourth-order valence-corrected chi connectivity index (χ4v) is 3.38. The van der Waals surface area contributed by atoms with Crippen LogP contribution in [0.25, 0.3) is 11.4 Å². The Kier molecular flexibility index (Phi) is 3.73. The summed E-state index contributed by atoms with van der Waals surface area (Å²) in [5.41, 5.74) is 8.00. The summed E-state index contributed by atoms with van der Waals surface area (Å²) in [6.45, 7) is 4.66. The first-order valence-corrected chi connectivity index (χ1v) is 8.09. The van der Waals surface area contributed by atoms with Crippen molar-refractivity contribution in [2.75, 3.05) is 5.73 Å². The highest BCUT2D eigenvalue weighted by atomic mass is 79.9. The molecule has 0 unspecified atom stereocenters. The van der Waals surface area contributed by atoms with Crippen molar-refractivity contribution < 1.29 is 0 Å². The molecule has 0 spiro atoms. The van der Waals surface area contributed by atoms with Crippen LogP contribution in [0.4, 0.5) is 5.69 Å². The van der Waals surface area contributed by atoms with Crippen LogP contribution in [-0.2, 0) is 0 Å². The SMILES string of the molecule is CC1(C)CCC(n2nnnc2-c2cc(N)ccc2Br)CC1. The van der Waals surface area contributed by atoms with E-state index >= 15 is 0 Å². The van der Waals surface area contributed by atoms with Gasteiger partial charge in [-0.25, -0.2) is 4.68 Å². The van der Waals surface area contributed by atoms with Crippen molar-refractivity contribution in [1.29, 1.82) is 0 Å². The predicted octanol–water partition coefficient (Wildman–Crippen LogP) is 3.83. The van der Waals surface area contributed by atoms with Gasteiger partial charge in [0, 0.05) is 15.7 Å².